The minimum Gasteiger partial charge on any atom is -0.322 e. The number of hydrogen-bond donors (Lipinski definition) is 2. The number of nitrogens with two attached hydrogens (primary N) is 2. The Bertz CT molecular complexity index is 701. The maximum atomic E-state index is 6.70. The highest BCUT2D eigenvalue weighted by atomic mass is 14.9. The Labute approximate surface area is 125 Å². The molecule has 0 saturated heterocycles. The molecule has 2 heteroatoms. The number of rotatable bonds is 2. The lowest BCUT2D eigenvalue weighted by Gasteiger charge is -2.37. The van der Waals surface area contributed by atoms with Crippen molar-refractivity contribution in [1.82, 2.24) is 0 Å². The fourth-order valence-electron chi connectivity index (χ4n) is 3.00. The van der Waals surface area contributed by atoms with Crippen LogP contribution >= 0.6 is 0 Å². The molecule has 0 spiro atoms. The van der Waals surface area contributed by atoms with Crippen molar-refractivity contribution in [2.24, 2.45) is 11.5 Å². The zero-order valence-electron chi connectivity index (χ0n) is 12.2. The predicted molar refractivity (Wildman–Crippen MR) is 88.6 cm³/mol. The highest BCUT2D eigenvalue weighted by Gasteiger charge is 2.37. The molecule has 0 aromatic heterocycles. The Morgan fingerprint density at radius 2 is 1.62 bits per heavy atom. The van der Waals surface area contributed by atoms with Gasteiger partial charge in [-0.15, -0.1) is 0 Å². The van der Waals surface area contributed by atoms with Gasteiger partial charge in [0, 0.05) is 0 Å². The molecule has 106 valence electrons. The normalized spacial score (nSPS) is 24.7. The number of allylic oxidation sites excluding steroid dienone is 2. The van der Waals surface area contributed by atoms with E-state index in [1.54, 1.807) is 0 Å². The fraction of sp³-hybridized carbons (Fsp3) is 0.158. The molecule has 0 heterocycles. The van der Waals surface area contributed by atoms with Gasteiger partial charge in [0.15, 0.2) is 0 Å². The first-order valence-electron chi connectivity index (χ1n) is 7.18. The number of hydrogen-bond acceptors (Lipinski definition) is 2. The molecule has 0 aliphatic heterocycles. The molecule has 0 saturated carbocycles. The Kier molecular flexibility index (Phi) is 3.50. The minimum absolute atomic E-state index is 0.272. The van der Waals surface area contributed by atoms with Gasteiger partial charge in [-0.2, -0.15) is 0 Å². The number of benzene rings is 2. The summed E-state index contributed by atoms with van der Waals surface area (Å²) in [6.45, 7) is 2.07. The molecule has 3 rings (SSSR count). The van der Waals surface area contributed by atoms with Gasteiger partial charge in [-0.05, 0) is 29.2 Å². The lowest BCUT2D eigenvalue weighted by molar-refractivity contribution is 0.500. The predicted octanol–water partition coefficient (Wildman–Crippen LogP) is 3.13. The highest BCUT2D eigenvalue weighted by Crippen LogP contribution is 2.35. The first-order chi connectivity index (χ1) is 10.1. The first kappa shape index (κ1) is 13.8. The number of aryl methyl sites for hydroxylation is 1. The molecular weight excluding hydrogens is 256 g/mol. The standard InChI is InChI=1S/C19H20N2/c1-14-8-5-6-12-17(14)19(21)13-7-11-16(18(19)20)15-9-3-2-4-10-15/h2-13,18H,20-21H2,1H3. The molecule has 0 radical (unpaired) electrons. The molecule has 4 N–H and O–H groups in total. The Balaban J connectivity index is 2.06. The molecule has 0 bridgehead atoms. The quantitative estimate of drug-likeness (QED) is 0.885. The van der Waals surface area contributed by atoms with Crippen LogP contribution in [0.15, 0.2) is 72.8 Å². The molecule has 2 unspecified atom stereocenters. The van der Waals surface area contributed by atoms with Gasteiger partial charge >= 0.3 is 0 Å². The van der Waals surface area contributed by atoms with Crippen LogP contribution in [0, 0.1) is 6.92 Å². The topological polar surface area (TPSA) is 52.0 Å². The van der Waals surface area contributed by atoms with Gasteiger partial charge in [-0.3, -0.25) is 0 Å². The van der Waals surface area contributed by atoms with Crippen molar-refractivity contribution in [2.45, 2.75) is 18.5 Å². The third kappa shape index (κ3) is 2.33. The van der Waals surface area contributed by atoms with Gasteiger partial charge in [-0.25, -0.2) is 0 Å². The SMILES string of the molecule is Cc1ccccc1C1(N)C=CC=C(c2ccccc2)C1N. The van der Waals surface area contributed by atoms with Crippen LogP contribution in [0.25, 0.3) is 5.57 Å². The summed E-state index contributed by atoms with van der Waals surface area (Å²) < 4.78 is 0. The van der Waals surface area contributed by atoms with E-state index in [4.69, 9.17) is 11.5 Å². The summed E-state index contributed by atoms with van der Waals surface area (Å²) in [5.74, 6) is 0. The smallest absolute Gasteiger partial charge is 0.0797 e. The van der Waals surface area contributed by atoms with E-state index in [9.17, 15) is 0 Å². The summed E-state index contributed by atoms with van der Waals surface area (Å²) in [6.07, 6.45) is 6.08. The summed E-state index contributed by atoms with van der Waals surface area (Å²) in [5, 5.41) is 0. The maximum Gasteiger partial charge on any atom is 0.0797 e. The van der Waals surface area contributed by atoms with E-state index in [0.717, 1.165) is 22.3 Å². The lowest BCUT2D eigenvalue weighted by Crippen LogP contribution is -2.53. The van der Waals surface area contributed by atoms with Crippen LogP contribution in [0.5, 0.6) is 0 Å². The van der Waals surface area contributed by atoms with Gasteiger partial charge in [0.2, 0.25) is 0 Å². The molecule has 21 heavy (non-hydrogen) atoms. The molecule has 2 aromatic carbocycles. The largest absolute Gasteiger partial charge is 0.322 e. The minimum atomic E-state index is -0.675. The Morgan fingerprint density at radius 1 is 0.952 bits per heavy atom. The van der Waals surface area contributed by atoms with E-state index in [1.807, 2.05) is 42.5 Å². The molecule has 0 fully saturated rings. The van der Waals surface area contributed by atoms with Crippen molar-refractivity contribution in [1.29, 1.82) is 0 Å². The summed E-state index contributed by atoms with van der Waals surface area (Å²) in [6, 6.07) is 18.1. The molecule has 0 amide bonds. The van der Waals surface area contributed by atoms with Crippen LogP contribution in [-0.2, 0) is 5.54 Å². The van der Waals surface area contributed by atoms with E-state index in [-0.39, 0.29) is 6.04 Å². The van der Waals surface area contributed by atoms with Crippen molar-refractivity contribution >= 4 is 5.57 Å². The van der Waals surface area contributed by atoms with E-state index in [0.29, 0.717) is 0 Å². The van der Waals surface area contributed by atoms with Crippen LogP contribution < -0.4 is 11.5 Å². The van der Waals surface area contributed by atoms with Gasteiger partial charge in [0.25, 0.3) is 0 Å². The van der Waals surface area contributed by atoms with E-state index in [2.05, 4.69) is 37.3 Å². The van der Waals surface area contributed by atoms with Crippen molar-refractivity contribution in [3.05, 3.63) is 89.5 Å². The summed E-state index contributed by atoms with van der Waals surface area (Å²) in [5.41, 5.74) is 17.0. The monoisotopic (exact) mass is 276 g/mol. The Hall–Kier alpha value is -2.16. The van der Waals surface area contributed by atoms with Crippen LogP contribution in [0.1, 0.15) is 16.7 Å². The second-order valence-corrected chi connectivity index (χ2v) is 5.57. The average molecular weight is 276 g/mol. The molecule has 2 nitrogen and oxygen atoms in total. The summed E-state index contributed by atoms with van der Waals surface area (Å²) >= 11 is 0. The average Bonchev–Trinajstić information content (AvgIpc) is 2.51. The highest BCUT2D eigenvalue weighted by molar-refractivity contribution is 5.75. The van der Waals surface area contributed by atoms with E-state index >= 15 is 0 Å². The van der Waals surface area contributed by atoms with Crippen LogP contribution in [-0.4, -0.2) is 6.04 Å². The Morgan fingerprint density at radius 3 is 2.33 bits per heavy atom. The summed E-state index contributed by atoms with van der Waals surface area (Å²) in [4.78, 5) is 0. The zero-order chi connectivity index (χ0) is 14.9. The third-order valence-electron chi connectivity index (χ3n) is 4.22. The van der Waals surface area contributed by atoms with Gasteiger partial charge < -0.3 is 11.5 Å². The molecule has 2 aromatic rings. The fourth-order valence-corrected chi connectivity index (χ4v) is 3.00. The molecular formula is C19H20N2. The lowest BCUT2D eigenvalue weighted by atomic mass is 9.74. The van der Waals surface area contributed by atoms with Crippen molar-refractivity contribution in [3.63, 3.8) is 0 Å². The van der Waals surface area contributed by atoms with Gasteiger partial charge in [0.1, 0.15) is 0 Å². The van der Waals surface area contributed by atoms with Crippen molar-refractivity contribution in [3.8, 4) is 0 Å². The second kappa shape index (κ2) is 5.32. The summed E-state index contributed by atoms with van der Waals surface area (Å²) in [7, 11) is 0. The maximum absolute atomic E-state index is 6.70. The van der Waals surface area contributed by atoms with Gasteiger partial charge in [-0.1, -0.05) is 72.8 Å². The van der Waals surface area contributed by atoms with E-state index in [1.165, 1.54) is 0 Å². The molecule has 1 aliphatic rings. The van der Waals surface area contributed by atoms with Crippen LogP contribution in [0.3, 0.4) is 0 Å². The first-order valence-corrected chi connectivity index (χ1v) is 7.18. The third-order valence-corrected chi connectivity index (χ3v) is 4.22. The van der Waals surface area contributed by atoms with Crippen LogP contribution in [0.2, 0.25) is 0 Å². The van der Waals surface area contributed by atoms with Crippen molar-refractivity contribution in [2.75, 3.05) is 0 Å². The van der Waals surface area contributed by atoms with Gasteiger partial charge in [0.05, 0.1) is 11.6 Å². The molecule has 2 atom stereocenters. The van der Waals surface area contributed by atoms with Crippen LogP contribution in [0.4, 0.5) is 0 Å². The van der Waals surface area contributed by atoms with Crippen molar-refractivity contribution < 1.29 is 0 Å². The second-order valence-electron chi connectivity index (χ2n) is 5.57. The van der Waals surface area contributed by atoms with E-state index < -0.39 is 5.54 Å². The molecule has 1 aliphatic carbocycles. The zero-order valence-corrected chi connectivity index (χ0v) is 12.2.